The van der Waals surface area contributed by atoms with E-state index in [1.165, 1.54) is 6.92 Å². The van der Waals surface area contributed by atoms with E-state index in [9.17, 15) is 9.59 Å². The van der Waals surface area contributed by atoms with Gasteiger partial charge in [-0.05, 0) is 12.5 Å². The monoisotopic (exact) mass is 297 g/mol. The Morgan fingerprint density at radius 2 is 1.52 bits per heavy atom. The van der Waals surface area contributed by atoms with Gasteiger partial charge in [-0.15, -0.1) is 0 Å². The Hall–Kier alpha value is -2.41. The molecule has 21 heavy (non-hydrogen) atoms. The van der Waals surface area contributed by atoms with Crippen LogP contribution in [0.15, 0.2) is 30.3 Å². The molecule has 0 aliphatic carbocycles. The second-order valence-electron chi connectivity index (χ2n) is 4.33. The maximum Gasteiger partial charge on any atom is 0.321 e. The number of rotatable bonds is 6. The molecule has 0 radical (unpaired) electrons. The molecule has 1 rings (SSSR count). The summed E-state index contributed by atoms with van der Waals surface area (Å²) >= 11 is 0. The minimum atomic E-state index is -1.16. The topological polar surface area (TPSA) is 124 Å². The van der Waals surface area contributed by atoms with Crippen molar-refractivity contribution in [1.82, 2.24) is 5.32 Å². The van der Waals surface area contributed by atoms with Gasteiger partial charge in [0.05, 0.1) is 5.92 Å². The van der Waals surface area contributed by atoms with Gasteiger partial charge >= 0.3 is 11.9 Å². The SMILES string of the molecule is CC(=O)O.CC(C(=O)O)[C@@H](NCc1ccccc1)C(=O)O. The van der Waals surface area contributed by atoms with Crippen LogP contribution in [0.5, 0.6) is 0 Å². The van der Waals surface area contributed by atoms with E-state index in [0.29, 0.717) is 6.54 Å². The van der Waals surface area contributed by atoms with Gasteiger partial charge in [0.1, 0.15) is 6.04 Å². The number of carboxylic acids is 3. The first-order chi connectivity index (χ1) is 9.75. The maximum absolute atomic E-state index is 10.9. The molecule has 0 aromatic heterocycles. The Morgan fingerprint density at radius 1 is 1.05 bits per heavy atom. The molecule has 0 spiro atoms. The molecule has 0 bridgehead atoms. The summed E-state index contributed by atoms with van der Waals surface area (Å²) in [5.41, 5.74) is 0.913. The van der Waals surface area contributed by atoms with Crippen molar-refractivity contribution in [2.45, 2.75) is 26.4 Å². The van der Waals surface area contributed by atoms with Crippen molar-refractivity contribution >= 4 is 17.9 Å². The molecule has 1 unspecified atom stereocenters. The number of aliphatic carboxylic acids is 3. The number of carbonyl (C=O) groups is 3. The van der Waals surface area contributed by atoms with Gasteiger partial charge in [-0.2, -0.15) is 0 Å². The smallest absolute Gasteiger partial charge is 0.321 e. The summed E-state index contributed by atoms with van der Waals surface area (Å²) < 4.78 is 0. The second kappa shape index (κ2) is 9.49. The summed E-state index contributed by atoms with van der Waals surface area (Å²) in [5, 5.41) is 27.9. The second-order valence-corrected chi connectivity index (χ2v) is 4.33. The van der Waals surface area contributed by atoms with E-state index in [2.05, 4.69) is 5.32 Å². The molecule has 0 saturated carbocycles. The first-order valence-electron chi connectivity index (χ1n) is 6.18. The Labute approximate surface area is 122 Å². The molecule has 0 fully saturated rings. The van der Waals surface area contributed by atoms with Crippen LogP contribution in [0.4, 0.5) is 0 Å². The van der Waals surface area contributed by atoms with Crippen LogP contribution in [-0.4, -0.2) is 39.3 Å². The van der Waals surface area contributed by atoms with Crippen LogP contribution < -0.4 is 5.32 Å². The predicted octanol–water partition coefficient (Wildman–Crippen LogP) is 1.04. The van der Waals surface area contributed by atoms with E-state index in [1.807, 2.05) is 30.3 Å². The van der Waals surface area contributed by atoms with Crippen molar-refractivity contribution in [1.29, 1.82) is 0 Å². The molecule has 0 aliphatic rings. The largest absolute Gasteiger partial charge is 0.481 e. The van der Waals surface area contributed by atoms with E-state index in [0.717, 1.165) is 12.5 Å². The first-order valence-corrected chi connectivity index (χ1v) is 6.18. The van der Waals surface area contributed by atoms with Gasteiger partial charge in [0.2, 0.25) is 0 Å². The summed E-state index contributed by atoms with van der Waals surface area (Å²) in [7, 11) is 0. The maximum atomic E-state index is 10.9. The molecule has 0 amide bonds. The van der Waals surface area contributed by atoms with Crippen molar-refractivity contribution in [2.75, 3.05) is 0 Å². The van der Waals surface area contributed by atoms with Crippen LogP contribution in [0.2, 0.25) is 0 Å². The molecule has 0 saturated heterocycles. The van der Waals surface area contributed by atoms with Gasteiger partial charge < -0.3 is 15.3 Å². The van der Waals surface area contributed by atoms with Crippen LogP contribution in [0.1, 0.15) is 19.4 Å². The Balaban J connectivity index is 0.000000885. The molecule has 7 heteroatoms. The van der Waals surface area contributed by atoms with Crippen LogP contribution in [0, 0.1) is 5.92 Å². The highest BCUT2D eigenvalue weighted by Crippen LogP contribution is 2.06. The normalized spacial score (nSPS) is 12.5. The van der Waals surface area contributed by atoms with Crippen molar-refractivity contribution in [3.05, 3.63) is 35.9 Å². The number of hydrogen-bond acceptors (Lipinski definition) is 4. The van der Waals surface area contributed by atoms with Gasteiger partial charge in [-0.3, -0.25) is 19.7 Å². The highest BCUT2D eigenvalue weighted by molar-refractivity contribution is 5.82. The first kappa shape index (κ1) is 18.6. The quantitative estimate of drug-likeness (QED) is 0.618. The number of hydrogen-bond donors (Lipinski definition) is 4. The standard InChI is InChI=1S/C12H15NO4.C2H4O2/c1-8(11(14)15)10(12(16)17)13-7-9-5-3-2-4-6-9;1-2(3)4/h2-6,8,10,13H,7H2,1H3,(H,14,15)(H,16,17);1H3,(H,3,4)/t8?,10-;/m1./s1. The van der Waals surface area contributed by atoms with E-state index in [4.69, 9.17) is 20.1 Å². The van der Waals surface area contributed by atoms with Gasteiger partial charge in [-0.25, -0.2) is 0 Å². The van der Waals surface area contributed by atoms with Crippen molar-refractivity contribution in [3.8, 4) is 0 Å². The Bertz CT molecular complexity index is 470. The Kier molecular flexibility index (Phi) is 8.40. The molecular formula is C14H19NO6. The highest BCUT2D eigenvalue weighted by Gasteiger charge is 2.29. The third-order valence-corrected chi connectivity index (χ3v) is 2.52. The van der Waals surface area contributed by atoms with E-state index in [1.54, 1.807) is 0 Å². The lowest BCUT2D eigenvalue weighted by atomic mass is 10.0. The summed E-state index contributed by atoms with van der Waals surface area (Å²) in [5.74, 6) is -4.09. The minimum absolute atomic E-state index is 0.329. The van der Waals surface area contributed by atoms with Crippen molar-refractivity contribution in [2.24, 2.45) is 5.92 Å². The van der Waals surface area contributed by atoms with Crippen LogP contribution in [0.3, 0.4) is 0 Å². The fourth-order valence-corrected chi connectivity index (χ4v) is 1.44. The van der Waals surface area contributed by atoms with Gasteiger partial charge in [0, 0.05) is 13.5 Å². The third kappa shape index (κ3) is 8.38. The average molecular weight is 297 g/mol. The fraction of sp³-hybridized carbons (Fsp3) is 0.357. The Morgan fingerprint density at radius 3 is 1.90 bits per heavy atom. The molecular weight excluding hydrogens is 278 g/mol. The van der Waals surface area contributed by atoms with Crippen molar-refractivity contribution < 1.29 is 29.7 Å². The summed E-state index contributed by atoms with van der Waals surface area (Å²) in [6.45, 7) is 2.79. The van der Waals surface area contributed by atoms with E-state index in [-0.39, 0.29) is 0 Å². The number of nitrogens with one attached hydrogen (secondary N) is 1. The van der Waals surface area contributed by atoms with Gasteiger partial charge in [0.25, 0.3) is 5.97 Å². The predicted molar refractivity (Wildman–Crippen MR) is 74.8 cm³/mol. The molecule has 116 valence electrons. The zero-order valence-corrected chi connectivity index (χ0v) is 11.8. The average Bonchev–Trinajstić information content (AvgIpc) is 2.38. The molecule has 7 nitrogen and oxygen atoms in total. The fourth-order valence-electron chi connectivity index (χ4n) is 1.44. The molecule has 1 aromatic carbocycles. The summed E-state index contributed by atoms with van der Waals surface area (Å²) in [6.07, 6.45) is 0. The summed E-state index contributed by atoms with van der Waals surface area (Å²) in [4.78, 5) is 30.7. The third-order valence-electron chi connectivity index (χ3n) is 2.52. The lowest BCUT2D eigenvalue weighted by Crippen LogP contribution is -2.44. The highest BCUT2D eigenvalue weighted by atomic mass is 16.4. The van der Waals surface area contributed by atoms with Gasteiger partial charge in [-0.1, -0.05) is 30.3 Å². The van der Waals surface area contributed by atoms with E-state index < -0.39 is 29.9 Å². The minimum Gasteiger partial charge on any atom is -0.481 e. The van der Waals surface area contributed by atoms with Crippen LogP contribution in [0.25, 0.3) is 0 Å². The molecule has 0 aliphatic heterocycles. The van der Waals surface area contributed by atoms with Crippen LogP contribution >= 0.6 is 0 Å². The zero-order chi connectivity index (χ0) is 16.4. The molecule has 2 atom stereocenters. The summed E-state index contributed by atoms with van der Waals surface area (Å²) in [6, 6.07) is 8.14. The molecule has 0 heterocycles. The van der Waals surface area contributed by atoms with E-state index >= 15 is 0 Å². The van der Waals surface area contributed by atoms with Crippen LogP contribution in [-0.2, 0) is 20.9 Å². The molecule has 1 aromatic rings. The molecule has 4 N–H and O–H groups in total. The number of benzene rings is 1. The zero-order valence-electron chi connectivity index (χ0n) is 11.8. The number of carboxylic acid groups (broad SMARTS) is 3. The van der Waals surface area contributed by atoms with Gasteiger partial charge in [0.15, 0.2) is 0 Å². The lowest BCUT2D eigenvalue weighted by molar-refractivity contribution is -0.150. The van der Waals surface area contributed by atoms with Crippen molar-refractivity contribution in [3.63, 3.8) is 0 Å². The lowest BCUT2D eigenvalue weighted by Gasteiger charge is -2.18.